The van der Waals surface area contributed by atoms with Gasteiger partial charge in [0.15, 0.2) is 5.82 Å². The minimum Gasteiger partial charge on any atom is -0.497 e. The molecule has 0 aliphatic rings. The van der Waals surface area contributed by atoms with Crippen LogP contribution in [0, 0.1) is 0 Å². The zero-order valence-corrected chi connectivity index (χ0v) is 12.5. The molecular formula is C14H14N4O2S. The number of nitrogens with zero attached hydrogens (tertiary/aromatic N) is 3. The van der Waals surface area contributed by atoms with Crippen LogP contribution in [0.25, 0.3) is 22.8 Å². The van der Waals surface area contributed by atoms with Gasteiger partial charge in [-0.3, -0.25) is 5.10 Å². The molecule has 0 radical (unpaired) electrons. The third-order valence-corrected chi connectivity index (χ3v) is 3.46. The Morgan fingerprint density at radius 2 is 2.24 bits per heavy atom. The maximum atomic E-state index is 5.23. The molecule has 0 bridgehead atoms. The molecule has 0 saturated heterocycles. The van der Waals surface area contributed by atoms with Gasteiger partial charge in [0, 0.05) is 5.56 Å². The van der Waals surface area contributed by atoms with Crippen molar-refractivity contribution in [2.75, 3.05) is 13.4 Å². The van der Waals surface area contributed by atoms with E-state index in [2.05, 4.69) is 20.3 Å². The van der Waals surface area contributed by atoms with Gasteiger partial charge in [-0.05, 0) is 24.5 Å². The molecule has 2 heterocycles. The molecule has 0 amide bonds. The molecular weight excluding hydrogens is 288 g/mol. The van der Waals surface area contributed by atoms with Crippen LogP contribution in [0.5, 0.6) is 5.75 Å². The van der Waals surface area contributed by atoms with Gasteiger partial charge in [0.2, 0.25) is 0 Å². The van der Waals surface area contributed by atoms with Crippen molar-refractivity contribution in [2.45, 2.75) is 5.75 Å². The van der Waals surface area contributed by atoms with Crippen LogP contribution < -0.4 is 4.74 Å². The van der Waals surface area contributed by atoms with Gasteiger partial charge < -0.3 is 9.26 Å². The number of rotatable bonds is 5. The van der Waals surface area contributed by atoms with Crippen LogP contribution in [0.1, 0.15) is 5.82 Å². The van der Waals surface area contributed by atoms with Gasteiger partial charge in [-0.1, -0.05) is 17.3 Å². The van der Waals surface area contributed by atoms with E-state index in [9.17, 15) is 0 Å². The fraction of sp³-hybridized carbons (Fsp3) is 0.214. The summed E-state index contributed by atoms with van der Waals surface area (Å²) < 4.78 is 10.4. The standard InChI is InChI=1S/C14H14N4O2S/c1-19-10-5-3-4-9(6-10)11-7-12(17-16-11)14-15-13(8-21-2)18-20-14/h3-7H,8H2,1-2H3,(H,16,17). The van der Waals surface area contributed by atoms with Crippen LogP contribution >= 0.6 is 11.8 Å². The summed E-state index contributed by atoms with van der Waals surface area (Å²) in [7, 11) is 1.64. The van der Waals surface area contributed by atoms with E-state index in [1.165, 1.54) is 0 Å². The van der Waals surface area contributed by atoms with Crippen LogP contribution in [0.2, 0.25) is 0 Å². The Hall–Kier alpha value is -2.28. The number of methoxy groups -OCH3 is 1. The lowest BCUT2D eigenvalue weighted by atomic mass is 10.1. The lowest BCUT2D eigenvalue weighted by Gasteiger charge is -2.00. The van der Waals surface area contributed by atoms with Gasteiger partial charge in [0.05, 0.1) is 18.6 Å². The molecule has 1 aromatic carbocycles. The van der Waals surface area contributed by atoms with Crippen LogP contribution in [-0.4, -0.2) is 33.7 Å². The van der Waals surface area contributed by atoms with Crippen molar-refractivity contribution in [3.63, 3.8) is 0 Å². The molecule has 0 aliphatic heterocycles. The van der Waals surface area contributed by atoms with Gasteiger partial charge >= 0.3 is 0 Å². The highest BCUT2D eigenvalue weighted by molar-refractivity contribution is 7.97. The molecule has 0 spiro atoms. The van der Waals surface area contributed by atoms with Crippen molar-refractivity contribution < 1.29 is 9.26 Å². The lowest BCUT2D eigenvalue weighted by molar-refractivity contribution is 0.415. The number of ether oxygens (including phenoxy) is 1. The minimum atomic E-state index is 0.445. The number of aromatic nitrogens is 4. The highest BCUT2D eigenvalue weighted by Gasteiger charge is 2.12. The normalized spacial score (nSPS) is 10.8. The molecule has 6 nitrogen and oxygen atoms in total. The number of aromatic amines is 1. The Labute approximate surface area is 125 Å². The fourth-order valence-corrected chi connectivity index (χ4v) is 2.29. The number of H-pyrrole nitrogens is 1. The molecule has 3 rings (SSSR count). The zero-order valence-electron chi connectivity index (χ0n) is 11.7. The largest absolute Gasteiger partial charge is 0.497 e. The molecule has 0 saturated carbocycles. The summed E-state index contributed by atoms with van der Waals surface area (Å²) in [5, 5.41) is 11.1. The van der Waals surface area contributed by atoms with Crippen LogP contribution in [0.4, 0.5) is 0 Å². The first-order valence-corrected chi connectivity index (χ1v) is 7.71. The summed E-state index contributed by atoms with van der Waals surface area (Å²) >= 11 is 1.64. The number of nitrogens with one attached hydrogen (secondary N) is 1. The Morgan fingerprint density at radius 1 is 1.33 bits per heavy atom. The summed E-state index contributed by atoms with van der Waals surface area (Å²) in [6.45, 7) is 0. The summed E-state index contributed by atoms with van der Waals surface area (Å²) in [5.74, 6) is 2.63. The topological polar surface area (TPSA) is 76.8 Å². The third kappa shape index (κ3) is 2.92. The molecule has 2 aromatic heterocycles. The predicted octanol–water partition coefficient (Wildman–Crippen LogP) is 3.00. The second-order valence-electron chi connectivity index (χ2n) is 4.35. The van der Waals surface area contributed by atoms with Crippen molar-refractivity contribution in [3.05, 3.63) is 36.2 Å². The average molecular weight is 302 g/mol. The Morgan fingerprint density at radius 3 is 3.05 bits per heavy atom. The average Bonchev–Trinajstić information content (AvgIpc) is 3.16. The van der Waals surface area contributed by atoms with Gasteiger partial charge in [0.1, 0.15) is 11.4 Å². The van der Waals surface area contributed by atoms with Crippen molar-refractivity contribution in [3.8, 4) is 28.6 Å². The monoisotopic (exact) mass is 302 g/mol. The number of hydrogen-bond acceptors (Lipinski definition) is 6. The first kappa shape index (κ1) is 13.7. The lowest BCUT2D eigenvalue weighted by Crippen LogP contribution is -1.83. The first-order valence-electron chi connectivity index (χ1n) is 6.32. The van der Waals surface area contributed by atoms with E-state index >= 15 is 0 Å². The molecule has 7 heteroatoms. The number of hydrogen-bond donors (Lipinski definition) is 1. The first-order chi connectivity index (χ1) is 10.3. The smallest absolute Gasteiger partial charge is 0.275 e. The molecule has 21 heavy (non-hydrogen) atoms. The number of benzene rings is 1. The quantitative estimate of drug-likeness (QED) is 0.780. The third-order valence-electron chi connectivity index (χ3n) is 2.92. The molecule has 108 valence electrons. The summed E-state index contributed by atoms with van der Waals surface area (Å²) in [4.78, 5) is 4.32. The highest BCUT2D eigenvalue weighted by atomic mass is 32.2. The van der Waals surface area contributed by atoms with Crippen LogP contribution in [0.3, 0.4) is 0 Å². The summed E-state index contributed by atoms with van der Waals surface area (Å²) in [5.41, 5.74) is 2.46. The Kier molecular flexibility index (Phi) is 3.92. The van der Waals surface area contributed by atoms with E-state index in [1.54, 1.807) is 18.9 Å². The molecule has 0 unspecified atom stereocenters. The zero-order chi connectivity index (χ0) is 14.7. The maximum Gasteiger partial charge on any atom is 0.275 e. The summed E-state index contributed by atoms with van der Waals surface area (Å²) in [6.07, 6.45) is 1.99. The Bertz CT molecular complexity index is 738. The maximum absolute atomic E-state index is 5.23. The van der Waals surface area contributed by atoms with Crippen LogP contribution in [-0.2, 0) is 5.75 Å². The van der Waals surface area contributed by atoms with Crippen molar-refractivity contribution in [1.82, 2.24) is 20.3 Å². The van der Waals surface area contributed by atoms with Crippen molar-refractivity contribution in [2.24, 2.45) is 0 Å². The molecule has 0 fully saturated rings. The molecule has 1 N–H and O–H groups in total. The highest BCUT2D eigenvalue weighted by Crippen LogP contribution is 2.25. The SMILES string of the molecule is COc1cccc(-c2cc(-c3nc(CSC)no3)[nH]n2)c1. The van der Waals surface area contributed by atoms with E-state index in [4.69, 9.17) is 9.26 Å². The minimum absolute atomic E-state index is 0.445. The van der Waals surface area contributed by atoms with Crippen molar-refractivity contribution >= 4 is 11.8 Å². The van der Waals surface area contributed by atoms with Crippen LogP contribution in [0.15, 0.2) is 34.9 Å². The van der Waals surface area contributed by atoms with Gasteiger partial charge in [-0.25, -0.2) is 0 Å². The van der Waals surface area contributed by atoms with Crippen molar-refractivity contribution in [1.29, 1.82) is 0 Å². The van der Waals surface area contributed by atoms with E-state index in [0.717, 1.165) is 22.8 Å². The Balaban J connectivity index is 1.88. The van der Waals surface area contributed by atoms with E-state index in [1.807, 2.05) is 36.6 Å². The predicted molar refractivity (Wildman–Crippen MR) is 81.1 cm³/mol. The molecule has 3 aromatic rings. The van der Waals surface area contributed by atoms with E-state index in [-0.39, 0.29) is 0 Å². The van der Waals surface area contributed by atoms with E-state index < -0.39 is 0 Å². The van der Waals surface area contributed by atoms with Gasteiger partial charge in [0.25, 0.3) is 5.89 Å². The number of thioether (sulfide) groups is 1. The van der Waals surface area contributed by atoms with Gasteiger partial charge in [-0.2, -0.15) is 21.8 Å². The molecule has 0 aliphatic carbocycles. The fourth-order valence-electron chi connectivity index (χ4n) is 1.91. The second kappa shape index (κ2) is 6.01. The molecule has 0 atom stereocenters. The second-order valence-corrected chi connectivity index (χ2v) is 5.21. The summed E-state index contributed by atoms with van der Waals surface area (Å²) in [6, 6.07) is 9.59. The van der Waals surface area contributed by atoms with Gasteiger partial charge in [-0.15, -0.1) is 0 Å². The van der Waals surface area contributed by atoms with E-state index in [0.29, 0.717) is 17.4 Å².